The molecule has 1 saturated heterocycles. The fourth-order valence-corrected chi connectivity index (χ4v) is 3.18. The predicted octanol–water partition coefficient (Wildman–Crippen LogP) is 3.27. The molecule has 23 heavy (non-hydrogen) atoms. The minimum atomic E-state index is 0.201. The minimum Gasteiger partial charge on any atom is -0.489 e. The molecule has 0 saturated carbocycles. The number of pyridine rings is 1. The van der Waals surface area contributed by atoms with Crippen LogP contribution in [0.1, 0.15) is 24.0 Å². The Kier molecular flexibility index (Phi) is 5.49. The zero-order valence-corrected chi connectivity index (χ0v) is 13.7. The van der Waals surface area contributed by atoms with Crippen molar-refractivity contribution in [2.75, 3.05) is 13.2 Å². The van der Waals surface area contributed by atoms with Crippen LogP contribution in [-0.2, 0) is 13.2 Å². The van der Waals surface area contributed by atoms with Gasteiger partial charge in [0.15, 0.2) is 0 Å². The first-order valence-corrected chi connectivity index (χ1v) is 8.29. The van der Waals surface area contributed by atoms with Crippen LogP contribution in [0.4, 0.5) is 0 Å². The summed E-state index contributed by atoms with van der Waals surface area (Å²) < 4.78 is 5.97. The van der Waals surface area contributed by atoms with E-state index in [1.54, 1.807) is 12.4 Å². The molecule has 5 heteroatoms. The van der Waals surface area contributed by atoms with E-state index in [-0.39, 0.29) is 12.6 Å². The van der Waals surface area contributed by atoms with Gasteiger partial charge in [-0.2, -0.15) is 0 Å². The number of nitrogens with zero attached hydrogens (tertiary/aromatic N) is 2. The Labute approximate surface area is 141 Å². The first-order valence-electron chi connectivity index (χ1n) is 7.91. The summed E-state index contributed by atoms with van der Waals surface area (Å²) in [5.74, 6) is 0.835. The van der Waals surface area contributed by atoms with Gasteiger partial charge in [0.1, 0.15) is 12.4 Å². The fraction of sp³-hybridized carbons (Fsp3) is 0.389. The first-order chi connectivity index (χ1) is 11.3. The molecule has 122 valence electrons. The number of hydrogen-bond acceptors (Lipinski definition) is 4. The lowest BCUT2D eigenvalue weighted by molar-refractivity contribution is 0.152. The lowest BCUT2D eigenvalue weighted by atomic mass is 10.1. The average molecular weight is 333 g/mol. The van der Waals surface area contributed by atoms with Gasteiger partial charge in [0, 0.05) is 41.1 Å². The van der Waals surface area contributed by atoms with E-state index in [0.29, 0.717) is 11.6 Å². The van der Waals surface area contributed by atoms with Gasteiger partial charge >= 0.3 is 0 Å². The Balaban J connectivity index is 1.72. The van der Waals surface area contributed by atoms with E-state index in [1.165, 1.54) is 0 Å². The zero-order valence-electron chi connectivity index (χ0n) is 13.0. The lowest BCUT2D eigenvalue weighted by Gasteiger charge is -2.24. The average Bonchev–Trinajstić information content (AvgIpc) is 3.02. The van der Waals surface area contributed by atoms with Gasteiger partial charge in [0.05, 0.1) is 6.61 Å². The third-order valence-electron chi connectivity index (χ3n) is 4.22. The van der Waals surface area contributed by atoms with Gasteiger partial charge in [-0.3, -0.25) is 9.88 Å². The zero-order chi connectivity index (χ0) is 16.1. The SMILES string of the molecule is OC[C@H]1CCCN1Cc1cc(Cl)ccc1OCc1cccnc1. The standard InChI is InChI=1S/C18H21ClN2O2/c19-16-5-6-18(23-13-14-3-1-7-20-10-14)15(9-16)11-21-8-2-4-17(21)12-22/h1,3,5-7,9-10,17,22H,2,4,8,11-13H2/t17-/m1/s1. The highest BCUT2D eigenvalue weighted by molar-refractivity contribution is 6.30. The van der Waals surface area contributed by atoms with Crippen LogP contribution < -0.4 is 4.74 Å². The van der Waals surface area contributed by atoms with E-state index in [1.807, 2.05) is 30.3 Å². The molecule has 1 aliphatic heterocycles. The number of likely N-dealkylation sites (tertiary alicyclic amines) is 1. The number of aliphatic hydroxyl groups excluding tert-OH is 1. The quantitative estimate of drug-likeness (QED) is 0.882. The van der Waals surface area contributed by atoms with Gasteiger partial charge in [-0.25, -0.2) is 0 Å². The summed E-state index contributed by atoms with van der Waals surface area (Å²) in [5.41, 5.74) is 2.09. The number of aliphatic hydroxyl groups is 1. The van der Waals surface area contributed by atoms with Crippen molar-refractivity contribution in [1.82, 2.24) is 9.88 Å². The van der Waals surface area contributed by atoms with Crippen molar-refractivity contribution in [2.45, 2.75) is 32.0 Å². The van der Waals surface area contributed by atoms with Crippen LogP contribution in [0.25, 0.3) is 0 Å². The third-order valence-corrected chi connectivity index (χ3v) is 4.46. The summed E-state index contributed by atoms with van der Waals surface area (Å²) in [5, 5.41) is 10.2. The van der Waals surface area contributed by atoms with E-state index in [2.05, 4.69) is 9.88 Å². The fourth-order valence-electron chi connectivity index (χ4n) is 2.99. The third kappa shape index (κ3) is 4.22. The molecule has 2 aromatic rings. The van der Waals surface area contributed by atoms with Crippen molar-refractivity contribution >= 4 is 11.6 Å². The number of ether oxygens (including phenoxy) is 1. The van der Waals surface area contributed by atoms with E-state index in [0.717, 1.165) is 42.8 Å². The second kappa shape index (κ2) is 7.77. The summed E-state index contributed by atoms with van der Waals surface area (Å²) >= 11 is 6.16. The maximum atomic E-state index is 9.48. The molecule has 0 spiro atoms. The molecular weight excluding hydrogens is 312 g/mol. The smallest absolute Gasteiger partial charge is 0.124 e. The van der Waals surface area contributed by atoms with Crippen molar-refractivity contribution in [3.63, 3.8) is 0 Å². The molecule has 0 unspecified atom stereocenters. The Bertz CT molecular complexity index is 636. The normalized spacial score (nSPS) is 18.3. The second-order valence-corrected chi connectivity index (χ2v) is 6.29. The second-order valence-electron chi connectivity index (χ2n) is 5.85. The minimum absolute atomic E-state index is 0.201. The topological polar surface area (TPSA) is 45.6 Å². The molecule has 0 bridgehead atoms. The molecule has 1 aromatic carbocycles. The Morgan fingerprint density at radius 2 is 2.26 bits per heavy atom. The molecule has 1 fully saturated rings. The Morgan fingerprint density at radius 1 is 1.35 bits per heavy atom. The van der Waals surface area contributed by atoms with E-state index >= 15 is 0 Å². The van der Waals surface area contributed by atoms with Crippen LogP contribution in [0.2, 0.25) is 5.02 Å². The highest BCUT2D eigenvalue weighted by Gasteiger charge is 2.24. The Morgan fingerprint density at radius 3 is 3.04 bits per heavy atom. The van der Waals surface area contributed by atoms with Crippen LogP contribution >= 0.6 is 11.6 Å². The molecule has 0 radical (unpaired) electrons. The number of hydrogen-bond donors (Lipinski definition) is 1. The molecule has 3 rings (SSSR count). The predicted molar refractivity (Wildman–Crippen MR) is 90.5 cm³/mol. The Hall–Kier alpha value is -1.62. The van der Waals surface area contributed by atoms with Gasteiger partial charge in [-0.05, 0) is 43.7 Å². The maximum absolute atomic E-state index is 9.48. The maximum Gasteiger partial charge on any atom is 0.124 e. The van der Waals surface area contributed by atoms with Crippen LogP contribution in [0.15, 0.2) is 42.7 Å². The largest absolute Gasteiger partial charge is 0.489 e. The van der Waals surface area contributed by atoms with Crippen molar-refractivity contribution in [1.29, 1.82) is 0 Å². The van der Waals surface area contributed by atoms with E-state index in [4.69, 9.17) is 16.3 Å². The van der Waals surface area contributed by atoms with Crippen LogP contribution in [-0.4, -0.2) is 34.2 Å². The van der Waals surface area contributed by atoms with Crippen LogP contribution in [0.5, 0.6) is 5.75 Å². The summed E-state index contributed by atoms with van der Waals surface area (Å²) in [4.78, 5) is 6.39. The van der Waals surface area contributed by atoms with Crippen molar-refractivity contribution < 1.29 is 9.84 Å². The molecule has 0 aliphatic carbocycles. The van der Waals surface area contributed by atoms with Gasteiger partial charge in [-0.15, -0.1) is 0 Å². The summed E-state index contributed by atoms with van der Waals surface area (Å²) in [6, 6.07) is 9.84. The van der Waals surface area contributed by atoms with Gasteiger partial charge < -0.3 is 9.84 Å². The number of rotatable bonds is 6. The summed E-state index contributed by atoms with van der Waals surface area (Å²) in [6.45, 7) is 2.42. The van der Waals surface area contributed by atoms with Gasteiger partial charge in [0.25, 0.3) is 0 Å². The highest BCUT2D eigenvalue weighted by atomic mass is 35.5. The molecule has 1 aromatic heterocycles. The molecule has 2 heterocycles. The van der Waals surface area contributed by atoms with Gasteiger partial charge in [-0.1, -0.05) is 17.7 Å². The van der Waals surface area contributed by atoms with Crippen molar-refractivity contribution in [3.8, 4) is 5.75 Å². The summed E-state index contributed by atoms with van der Waals surface area (Å²) in [7, 11) is 0. The van der Waals surface area contributed by atoms with E-state index < -0.39 is 0 Å². The molecule has 1 N–H and O–H groups in total. The lowest BCUT2D eigenvalue weighted by Crippen LogP contribution is -2.31. The van der Waals surface area contributed by atoms with E-state index in [9.17, 15) is 5.11 Å². The van der Waals surface area contributed by atoms with Crippen LogP contribution in [0.3, 0.4) is 0 Å². The molecule has 0 amide bonds. The molecular formula is C18H21ClN2O2. The molecule has 1 atom stereocenters. The first kappa shape index (κ1) is 16.2. The number of aromatic nitrogens is 1. The molecule has 4 nitrogen and oxygen atoms in total. The monoisotopic (exact) mass is 332 g/mol. The van der Waals surface area contributed by atoms with Crippen molar-refractivity contribution in [3.05, 3.63) is 58.9 Å². The number of benzene rings is 1. The highest BCUT2D eigenvalue weighted by Crippen LogP contribution is 2.28. The summed E-state index contributed by atoms with van der Waals surface area (Å²) in [6.07, 6.45) is 5.72. The van der Waals surface area contributed by atoms with Gasteiger partial charge in [0.2, 0.25) is 0 Å². The van der Waals surface area contributed by atoms with Crippen LogP contribution in [0, 0.1) is 0 Å². The molecule has 1 aliphatic rings. The number of halogens is 1. The van der Waals surface area contributed by atoms with Crippen molar-refractivity contribution in [2.24, 2.45) is 0 Å².